The van der Waals surface area contributed by atoms with Gasteiger partial charge in [-0.3, -0.25) is 4.79 Å². The molecule has 2 N–H and O–H groups in total. The van der Waals surface area contributed by atoms with E-state index < -0.39 is 6.10 Å². The number of carbonyl (C=O) groups is 1. The van der Waals surface area contributed by atoms with E-state index in [1.165, 1.54) is 0 Å². The van der Waals surface area contributed by atoms with Gasteiger partial charge in [0.2, 0.25) is 5.91 Å². The molecule has 1 unspecified atom stereocenters. The zero-order valence-electron chi connectivity index (χ0n) is 16.1. The topological polar surface area (TPSA) is 60.8 Å². The van der Waals surface area contributed by atoms with Gasteiger partial charge in [-0.2, -0.15) is 0 Å². The van der Waals surface area contributed by atoms with Crippen molar-refractivity contribution in [1.29, 1.82) is 0 Å². The van der Waals surface area contributed by atoms with Crippen LogP contribution in [0.2, 0.25) is 10.0 Å². The van der Waals surface area contributed by atoms with Crippen molar-refractivity contribution in [3.63, 3.8) is 0 Å². The first kappa shape index (κ1) is 20.7. The van der Waals surface area contributed by atoms with Crippen molar-refractivity contribution in [2.75, 3.05) is 4.90 Å². The van der Waals surface area contributed by atoms with E-state index in [9.17, 15) is 15.0 Å². The van der Waals surface area contributed by atoms with Crippen molar-refractivity contribution >= 4 is 34.8 Å². The normalized spacial score (nSPS) is 19.4. The van der Waals surface area contributed by atoms with Crippen LogP contribution in [0.1, 0.15) is 36.1 Å². The van der Waals surface area contributed by atoms with E-state index in [-0.39, 0.29) is 23.6 Å². The maximum absolute atomic E-state index is 13.0. The number of rotatable bonds is 6. The van der Waals surface area contributed by atoms with E-state index in [1.54, 1.807) is 53.4 Å². The summed E-state index contributed by atoms with van der Waals surface area (Å²) in [6.45, 7) is 0. The third-order valence-corrected chi connectivity index (χ3v) is 6.06. The van der Waals surface area contributed by atoms with Gasteiger partial charge in [0.05, 0.1) is 18.1 Å². The fraction of sp³-hybridized carbons (Fsp3) is 0.208. The molecule has 0 radical (unpaired) electrons. The molecule has 154 valence electrons. The summed E-state index contributed by atoms with van der Waals surface area (Å²) in [5, 5.41) is 21.4. The summed E-state index contributed by atoms with van der Waals surface area (Å²) in [5.41, 5.74) is 2.49. The number of benzene rings is 3. The Balaban J connectivity index is 1.55. The lowest BCUT2D eigenvalue weighted by atomic mass is 9.78. The van der Waals surface area contributed by atoms with Crippen LogP contribution in [0.15, 0.2) is 72.8 Å². The number of halogens is 2. The number of phenols is 1. The highest BCUT2D eigenvalue weighted by Crippen LogP contribution is 2.46. The van der Waals surface area contributed by atoms with Crippen LogP contribution in [-0.4, -0.2) is 16.1 Å². The first-order valence-corrected chi connectivity index (χ1v) is 10.5. The lowest BCUT2D eigenvalue weighted by molar-refractivity contribution is -0.131. The average molecular weight is 442 g/mol. The third kappa shape index (κ3) is 4.17. The molecule has 30 heavy (non-hydrogen) atoms. The molecule has 4 rings (SSSR count). The first-order valence-electron chi connectivity index (χ1n) is 9.75. The van der Waals surface area contributed by atoms with Crippen molar-refractivity contribution in [3.05, 3.63) is 94.0 Å². The number of nitrogens with zero attached hydrogens (tertiary/aromatic N) is 1. The fourth-order valence-electron chi connectivity index (χ4n) is 3.96. The van der Waals surface area contributed by atoms with E-state index in [0.29, 0.717) is 22.9 Å². The molecule has 3 atom stereocenters. The second kappa shape index (κ2) is 8.68. The summed E-state index contributed by atoms with van der Waals surface area (Å²) >= 11 is 11.9. The van der Waals surface area contributed by atoms with Gasteiger partial charge in [0.15, 0.2) is 0 Å². The van der Waals surface area contributed by atoms with Crippen LogP contribution < -0.4 is 4.90 Å². The lowest BCUT2D eigenvalue weighted by Gasteiger charge is -2.48. The zero-order chi connectivity index (χ0) is 21.3. The molecule has 1 fully saturated rings. The monoisotopic (exact) mass is 441 g/mol. The van der Waals surface area contributed by atoms with Crippen molar-refractivity contribution < 1.29 is 15.0 Å². The van der Waals surface area contributed by atoms with Gasteiger partial charge in [0, 0.05) is 15.7 Å². The molecule has 3 aromatic carbocycles. The van der Waals surface area contributed by atoms with Crippen LogP contribution >= 0.6 is 23.2 Å². The molecule has 1 aliphatic heterocycles. The fourth-order valence-corrected chi connectivity index (χ4v) is 4.21. The van der Waals surface area contributed by atoms with Gasteiger partial charge in [-0.05, 0) is 72.5 Å². The summed E-state index contributed by atoms with van der Waals surface area (Å²) in [5.74, 6) is -0.0666. The number of hydrogen-bond donors (Lipinski definition) is 2. The van der Waals surface area contributed by atoms with E-state index in [1.807, 2.05) is 24.3 Å². The second-order valence-electron chi connectivity index (χ2n) is 7.47. The minimum atomic E-state index is -0.667. The summed E-state index contributed by atoms with van der Waals surface area (Å²) < 4.78 is 0. The molecular weight excluding hydrogens is 421 g/mol. The summed E-state index contributed by atoms with van der Waals surface area (Å²) in [6.07, 6.45) is 0.333. The number of aliphatic hydroxyl groups excluding tert-OH is 1. The molecule has 0 bridgehead atoms. The van der Waals surface area contributed by atoms with Gasteiger partial charge in [0.1, 0.15) is 5.75 Å². The highest BCUT2D eigenvalue weighted by Gasteiger charge is 2.48. The van der Waals surface area contributed by atoms with Crippen LogP contribution in [0.3, 0.4) is 0 Å². The van der Waals surface area contributed by atoms with Gasteiger partial charge in [-0.15, -0.1) is 0 Å². The highest BCUT2D eigenvalue weighted by molar-refractivity contribution is 6.30. The van der Waals surface area contributed by atoms with Crippen molar-refractivity contribution in [2.24, 2.45) is 5.92 Å². The van der Waals surface area contributed by atoms with Crippen molar-refractivity contribution in [2.45, 2.75) is 25.0 Å². The molecule has 4 nitrogen and oxygen atoms in total. The third-order valence-electron chi connectivity index (χ3n) is 5.56. The Labute approximate surface area is 185 Å². The SMILES string of the molecule is O=C1[C@H](CCC(O)c2ccc(Cl)cc2)[C@@H](c2ccc(O)cc2)N1c1ccc(Cl)cc1. The number of amides is 1. The maximum atomic E-state index is 13.0. The highest BCUT2D eigenvalue weighted by atomic mass is 35.5. The van der Waals surface area contributed by atoms with E-state index in [2.05, 4.69) is 0 Å². The summed E-state index contributed by atoms with van der Waals surface area (Å²) in [7, 11) is 0. The Hall–Kier alpha value is -2.53. The van der Waals surface area contributed by atoms with Crippen LogP contribution in [0.5, 0.6) is 5.75 Å². The van der Waals surface area contributed by atoms with Gasteiger partial charge >= 0.3 is 0 Å². The van der Waals surface area contributed by atoms with Gasteiger partial charge < -0.3 is 15.1 Å². The Bertz CT molecular complexity index is 1020. The molecular formula is C24H21Cl2NO3. The number of phenolic OH excluding ortho intramolecular Hbond substituents is 1. The number of hydrogen-bond acceptors (Lipinski definition) is 3. The summed E-state index contributed by atoms with van der Waals surface area (Å²) in [4.78, 5) is 14.8. The largest absolute Gasteiger partial charge is 0.508 e. The molecule has 0 aliphatic carbocycles. The first-order chi connectivity index (χ1) is 14.4. The average Bonchev–Trinajstić information content (AvgIpc) is 2.74. The zero-order valence-corrected chi connectivity index (χ0v) is 17.6. The molecule has 6 heteroatoms. The molecule has 3 aromatic rings. The van der Waals surface area contributed by atoms with E-state index in [0.717, 1.165) is 16.8 Å². The van der Waals surface area contributed by atoms with Crippen LogP contribution in [0.25, 0.3) is 0 Å². The van der Waals surface area contributed by atoms with Crippen LogP contribution in [0.4, 0.5) is 5.69 Å². The molecule has 1 aliphatic rings. The standard InChI is InChI=1S/C24H21Cl2NO3/c25-17-5-1-15(2-6-17)22(29)14-13-21-23(16-3-11-20(28)12-4-16)27(24(21)30)19-9-7-18(26)8-10-19/h1-12,21-23,28-29H,13-14H2/t21-,22?,23-/m1/s1. The van der Waals surface area contributed by atoms with Gasteiger partial charge in [-0.1, -0.05) is 47.5 Å². The number of aromatic hydroxyl groups is 1. The summed E-state index contributed by atoms with van der Waals surface area (Å²) in [6, 6.07) is 21.0. The van der Waals surface area contributed by atoms with Gasteiger partial charge in [0.25, 0.3) is 0 Å². The van der Waals surface area contributed by atoms with Crippen LogP contribution in [-0.2, 0) is 4.79 Å². The molecule has 1 amide bonds. The Morgan fingerprint density at radius 3 is 2.03 bits per heavy atom. The van der Waals surface area contributed by atoms with Crippen molar-refractivity contribution in [1.82, 2.24) is 0 Å². The number of aliphatic hydroxyl groups is 1. The molecule has 0 aromatic heterocycles. The smallest absolute Gasteiger partial charge is 0.233 e. The number of β-lactam (4-membered cyclic amide) rings is 1. The Kier molecular flexibility index (Phi) is 6.00. The Morgan fingerprint density at radius 1 is 0.867 bits per heavy atom. The van der Waals surface area contributed by atoms with Gasteiger partial charge in [-0.25, -0.2) is 0 Å². The predicted molar refractivity (Wildman–Crippen MR) is 119 cm³/mol. The molecule has 1 heterocycles. The molecule has 1 saturated heterocycles. The van der Waals surface area contributed by atoms with E-state index in [4.69, 9.17) is 23.2 Å². The number of anilines is 1. The second-order valence-corrected chi connectivity index (χ2v) is 8.35. The molecule has 0 saturated carbocycles. The minimum Gasteiger partial charge on any atom is -0.508 e. The Morgan fingerprint density at radius 2 is 1.43 bits per heavy atom. The van der Waals surface area contributed by atoms with Crippen LogP contribution in [0, 0.1) is 5.92 Å². The van der Waals surface area contributed by atoms with Crippen molar-refractivity contribution in [3.8, 4) is 5.75 Å². The lowest BCUT2D eigenvalue weighted by Crippen LogP contribution is -2.55. The predicted octanol–water partition coefficient (Wildman–Crippen LogP) is 5.92. The number of carbonyl (C=O) groups excluding carboxylic acids is 1. The quantitative estimate of drug-likeness (QED) is 0.466. The maximum Gasteiger partial charge on any atom is 0.233 e. The minimum absolute atomic E-state index is 0.0127. The van der Waals surface area contributed by atoms with E-state index >= 15 is 0 Å². The molecule has 0 spiro atoms.